The zero-order chi connectivity index (χ0) is 20.4. The second-order valence-corrected chi connectivity index (χ2v) is 6.75. The Hall–Kier alpha value is -3.93. The smallest absolute Gasteiger partial charge is 0.252 e. The van der Waals surface area contributed by atoms with E-state index in [0.717, 1.165) is 17.0 Å². The van der Waals surface area contributed by atoms with E-state index < -0.39 is 11.9 Å². The van der Waals surface area contributed by atoms with Crippen molar-refractivity contribution < 1.29 is 9.59 Å². The highest BCUT2D eigenvalue weighted by Gasteiger charge is 2.21. The topological polar surface area (TPSA) is 90.0 Å². The summed E-state index contributed by atoms with van der Waals surface area (Å²) in [7, 11) is 0. The number of rotatable bonds is 5. The lowest BCUT2D eigenvalue weighted by molar-refractivity contribution is -0.120. The predicted octanol–water partition coefficient (Wildman–Crippen LogP) is 3.29. The van der Waals surface area contributed by atoms with Crippen LogP contribution in [0.15, 0.2) is 78.9 Å². The number of para-hydroxylation sites is 1. The average molecular weight is 384 g/mol. The minimum atomic E-state index is -0.900. The second kappa shape index (κ2) is 7.59. The van der Waals surface area contributed by atoms with E-state index in [4.69, 9.17) is 5.73 Å². The fourth-order valence-corrected chi connectivity index (χ4v) is 3.42. The van der Waals surface area contributed by atoms with E-state index in [9.17, 15) is 9.59 Å². The van der Waals surface area contributed by atoms with Crippen LogP contribution in [0.1, 0.15) is 27.8 Å². The molecule has 6 heteroatoms. The quantitative estimate of drug-likeness (QED) is 0.553. The first kappa shape index (κ1) is 18.4. The van der Waals surface area contributed by atoms with E-state index in [2.05, 4.69) is 10.3 Å². The highest BCUT2D eigenvalue weighted by Crippen LogP contribution is 2.23. The molecule has 0 saturated carbocycles. The van der Waals surface area contributed by atoms with E-state index in [1.165, 1.54) is 0 Å². The highest BCUT2D eigenvalue weighted by atomic mass is 16.2. The van der Waals surface area contributed by atoms with Crippen molar-refractivity contribution in [3.63, 3.8) is 0 Å². The van der Waals surface area contributed by atoms with Crippen molar-refractivity contribution in [3.8, 4) is 5.69 Å². The molecule has 0 aliphatic heterocycles. The van der Waals surface area contributed by atoms with Crippen molar-refractivity contribution >= 4 is 22.8 Å². The van der Waals surface area contributed by atoms with Gasteiger partial charge in [0, 0.05) is 11.3 Å². The van der Waals surface area contributed by atoms with Gasteiger partial charge < -0.3 is 11.1 Å². The van der Waals surface area contributed by atoms with Gasteiger partial charge in [-0.15, -0.1) is 0 Å². The molecule has 1 unspecified atom stereocenters. The Morgan fingerprint density at radius 1 is 0.966 bits per heavy atom. The average Bonchev–Trinajstić information content (AvgIpc) is 3.07. The molecule has 3 aromatic carbocycles. The standard InChI is InChI=1S/C23H20N4O2/c1-15-25-19-14-17(12-13-20(19)27(15)18-10-6-3-7-11-18)23(29)26-21(22(24)28)16-8-4-2-5-9-16/h2-14,21H,1H3,(H2,24,28)(H,26,29). The van der Waals surface area contributed by atoms with Crippen molar-refractivity contribution in [2.45, 2.75) is 13.0 Å². The van der Waals surface area contributed by atoms with Crippen LogP contribution in [-0.4, -0.2) is 21.4 Å². The first-order chi connectivity index (χ1) is 14.0. The molecule has 0 spiro atoms. The van der Waals surface area contributed by atoms with Gasteiger partial charge in [0.05, 0.1) is 11.0 Å². The number of imidazole rings is 1. The number of carbonyl (C=O) groups excluding carboxylic acids is 2. The number of nitrogens with one attached hydrogen (secondary N) is 1. The summed E-state index contributed by atoms with van der Waals surface area (Å²) in [5, 5.41) is 2.72. The van der Waals surface area contributed by atoms with Gasteiger partial charge in [-0.1, -0.05) is 48.5 Å². The van der Waals surface area contributed by atoms with Crippen LogP contribution >= 0.6 is 0 Å². The number of carbonyl (C=O) groups is 2. The summed E-state index contributed by atoms with van der Waals surface area (Å²) >= 11 is 0. The minimum Gasteiger partial charge on any atom is -0.368 e. The Morgan fingerprint density at radius 2 is 1.62 bits per heavy atom. The summed E-state index contributed by atoms with van der Waals surface area (Å²) in [6, 6.07) is 23.2. The molecule has 1 aromatic heterocycles. The van der Waals surface area contributed by atoms with E-state index in [1.54, 1.807) is 36.4 Å². The van der Waals surface area contributed by atoms with Crippen molar-refractivity contribution in [1.29, 1.82) is 0 Å². The molecule has 3 N–H and O–H groups in total. The number of amides is 2. The van der Waals surface area contributed by atoms with Crippen LogP contribution in [0.2, 0.25) is 0 Å². The Labute approximate surface area is 168 Å². The zero-order valence-corrected chi connectivity index (χ0v) is 15.9. The molecule has 0 radical (unpaired) electrons. The fraction of sp³-hybridized carbons (Fsp3) is 0.0870. The molecule has 0 aliphatic rings. The third-order valence-corrected chi connectivity index (χ3v) is 4.79. The van der Waals surface area contributed by atoms with Gasteiger partial charge in [0.1, 0.15) is 11.9 Å². The van der Waals surface area contributed by atoms with Crippen LogP contribution in [-0.2, 0) is 4.79 Å². The lowest BCUT2D eigenvalue weighted by atomic mass is 10.1. The molecule has 144 valence electrons. The van der Waals surface area contributed by atoms with Crippen LogP contribution in [0.5, 0.6) is 0 Å². The Bertz CT molecular complexity index is 1180. The van der Waals surface area contributed by atoms with Crippen LogP contribution in [0.25, 0.3) is 16.7 Å². The molecule has 1 atom stereocenters. The molecular formula is C23H20N4O2. The third kappa shape index (κ3) is 3.60. The number of aromatic nitrogens is 2. The SMILES string of the molecule is Cc1nc2cc(C(=O)NC(C(N)=O)c3ccccc3)ccc2n1-c1ccccc1. The molecule has 29 heavy (non-hydrogen) atoms. The van der Waals surface area contributed by atoms with E-state index in [-0.39, 0.29) is 5.91 Å². The lowest BCUT2D eigenvalue weighted by Gasteiger charge is -2.16. The van der Waals surface area contributed by atoms with Gasteiger partial charge in [-0.2, -0.15) is 0 Å². The van der Waals surface area contributed by atoms with Crippen LogP contribution < -0.4 is 11.1 Å². The maximum Gasteiger partial charge on any atom is 0.252 e. The molecule has 4 rings (SSSR count). The van der Waals surface area contributed by atoms with Crippen LogP contribution in [0, 0.1) is 6.92 Å². The molecule has 0 saturated heterocycles. The summed E-state index contributed by atoms with van der Waals surface area (Å²) in [6.45, 7) is 1.92. The van der Waals surface area contributed by atoms with Crippen LogP contribution in [0.4, 0.5) is 0 Å². The maximum atomic E-state index is 12.8. The second-order valence-electron chi connectivity index (χ2n) is 6.75. The number of primary amides is 1. The summed E-state index contributed by atoms with van der Waals surface area (Å²) in [4.78, 5) is 29.3. The molecule has 6 nitrogen and oxygen atoms in total. The number of aryl methyl sites for hydroxylation is 1. The predicted molar refractivity (Wildman–Crippen MR) is 112 cm³/mol. The first-order valence-electron chi connectivity index (χ1n) is 9.24. The van der Waals surface area contributed by atoms with Crippen molar-refractivity contribution in [2.75, 3.05) is 0 Å². The molecule has 4 aromatic rings. The van der Waals surface area contributed by atoms with Gasteiger partial charge in [-0.3, -0.25) is 14.2 Å². The number of nitrogens with zero attached hydrogens (tertiary/aromatic N) is 2. The first-order valence-corrected chi connectivity index (χ1v) is 9.24. The van der Waals surface area contributed by atoms with Gasteiger partial charge in [0.15, 0.2) is 0 Å². The van der Waals surface area contributed by atoms with Crippen molar-refractivity contribution in [3.05, 3.63) is 95.8 Å². The monoisotopic (exact) mass is 384 g/mol. The van der Waals surface area contributed by atoms with E-state index >= 15 is 0 Å². The molecule has 0 fully saturated rings. The fourth-order valence-electron chi connectivity index (χ4n) is 3.42. The van der Waals surface area contributed by atoms with Gasteiger partial charge in [0.25, 0.3) is 5.91 Å². The third-order valence-electron chi connectivity index (χ3n) is 4.79. The number of fused-ring (bicyclic) bond motifs is 1. The maximum absolute atomic E-state index is 12.8. The summed E-state index contributed by atoms with van der Waals surface area (Å²) in [6.07, 6.45) is 0. The normalized spacial score (nSPS) is 11.9. The molecule has 0 bridgehead atoms. The van der Waals surface area contributed by atoms with Crippen LogP contribution in [0.3, 0.4) is 0 Å². The molecule has 0 aliphatic carbocycles. The number of hydrogen-bond acceptors (Lipinski definition) is 3. The van der Waals surface area contributed by atoms with Crippen molar-refractivity contribution in [1.82, 2.24) is 14.9 Å². The van der Waals surface area contributed by atoms with E-state index in [0.29, 0.717) is 16.6 Å². The molecule has 1 heterocycles. The number of nitrogens with two attached hydrogens (primary N) is 1. The molecule has 2 amide bonds. The summed E-state index contributed by atoms with van der Waals surface area (Å²) in [5.41, 5.74) is 9.16. The lowest BCUT2D eigenvalue weighted by Crippen LogP contribution is -2.37. The van der Waals surface area contributed by atoms with Gasteiger partial charge >= 0.3 is 0 Å². The van der Waals surface area contributed by atoms with E-state index in [1.807, 2.05) is 54.0 Å². The Balaban J connectivity index is 1.66. The number of hydrogen-bond donors (Lipinski definition) is 2. The highest BCUT2D eigenvalue weighted by molar-refractivity contribution is 6.00. The van der Waals surface area contributed by atoms with Gasteiger partial charge in [-0.25, -0.2) is 4.98 Å². The zero-order valence-electron chi connectivity index (χ0n) is 15.9. The summed E-state index contributed by atoms with van der Waals surface area (Å²) < 4.78 is 2.03. The summed E-state index contributed by atoms with van der Waals surface area (Å²) in [5.74, 6) is -0.177. The largest absolute Gasteiger partial charge is 0.368 e. The molecular weight excluding hydrogens is 364 g/mol. The van der Waals surface area contributed by atoms with Crippen molar-refractivity contribution in [2.24, 2.45) is 5.73 Å². The minimum absolute atomic E-state index is 0.383. The Morgan fingerprint density at radius 3 is 2.28 bits per heavy atom. The van der Waals surface area contributed by atoms with Gasteiger partial charge in [0.2, 0.25) is 5.91 Å². The van der Waals surface area contributed by atoms with Gasteiger partial charge in [-0.05, 0) is 42.8 Å². The Kier molecular flexibility index (Phi) is 4.83. The number of benzene rings is 3.